The van der Waals surface area contributed by atoms with Crippen LogP contribution in [0.2, 0.25) is 0 Å². The van der Waals surface area contributed by atoms with Crippen LogP contribution in [0, 0.1) is 0 Å². The van der Waals surface area contributed by atoms with Gasteiger partial charge in [-0.3, -0.25) is 0 Å². The summed E-state index contributed by atoms with van der Waals surface area (Å²) in [7, 11) is 0. The fourth-order valence-electron chi connectivity index (χ4n) is 10.3. The summed E-state index contributed by atoms with van der Waals surface area (Å²) in [6, 6.07) is 87.3. The lowest BCUT2D eigenvalue weighted by molar-refractivity contribution is 0.794. The third-order valence-electron chi connectivity index (χ3n) is 12.9. The molecule has 0 amide bonds. The number of benzene rings is 10. The molecule has 10 aromatic carbocycles. The van der Waals surface area contributed by atoms with E-state index in [1.165, 1.54) is 88.7 Å². The molecule has 0 atom stereocenters. The van der Waals surface area contributed by atoms with E-state index in [0.29, 0.717) is 0 Å². The first-order chi connectivity index (χ1) is 29.8. The number of anilines is 3. The van der Waals surface area contributed by atoms with E-state index < -0.39 is 5.41 Å². The smallest absolute Gasteiger partial charge is 0.0726 e. The van der Waals surface area contributed by atoms with Crippen LogP contribution in [0.5, 0.6) is 0 Å². The second kappa shape index (κ2) is 13.7. The van der Waals surface area contributed by atoms with Crippen molar-refractivity contribution in [3.05, 3.63) is 259 Å². The van der Waals surface area contributed by atoms with Crippen molar-refractivity contribution in [2.75, 3.05) is 4.90 Å². The number of hydrogen-bond donors (Lipinski definition) is 0. The normalized spacial score (nSPS) is 12.8. The first kappa shape index (κ1) is 34.3. The van der Waals surface area contributed by atoms with Crippen LogP contribution in [-0.4, -0.2) is 0 Å². The van der Waals surface area contributed by atoms with Crippen molar-refractivity contribution in [1.82, 2.24) is 0 Å². The second-order valence-electron chi connectivity index (χ2n) is 16.0. The topological polar surface area (TPSA) is 3.24 Å². The second-order valence-corrected chi connectivity index (χ2v) is 16.0. The fraction of sp³-hybridized carbons (Fsp3) is 0.0169. The Balaban J connectivity index is 1.13. The first-order valence-corrected chi connectivity index (χ1v) is 20.8. The van der Waals surface area contributed by atoms with Crippen molar-refractivity contribution in [3.8, 4) is 55.6 Å². The summed E-state index contributed by atoms with van der Waals surface area (Å²) in [5, 5.41) is 2.51. The van der Waals surface area contributed by atoms with Crippen molar-refractivity contribution < 1.29 is 0 Å². The molecule has 0 radical (unpaired) electrons. The van der Waals surface area contributed by atoms with Crippen LogP contribution < -0.4 is 4.90 Å². The highest BCUT2D eigenvalue weighted by Gasteiger charge is 2.52. The van der Waals surface area contributed by atoms with Crippen molar-refractivity contribution in [3.63, 3.8) is 0 Å². The Bertz CT molecular complexity index is 3100. The minimum atomic E-state index is -0.505. The Labute approximate surface area is 351 Å². The van der Waals surface area contributed by atoms with Gasteiger partial charge in [0.05, 0.1) is 11.1 Å². The molecule has 0 aromatic heterocycles. The molecule has 2 aliphatic carbocycles. The van der Waals surface area contributed by atoms with E-state index in [1.54, 1.807) is 0 Å². The molecular formula is C59H39N. The molecule has 1 heteroatoms. The largest absolute Gasteiger partial charge is 0.310 e. The van der Waals surface area contributed by atoms with Crippen molar-refractivity contribution in [2.45, 2.75) is 5.41 Å². The van der Waals surface area contributed by atoms with Gasteiger partial charge in [-0.25, -0.2) is 0 Å². The van der Waals surface area contributed by atoms with Crippen LogP contribution in [0.25, 0.3) is 66.4 Å². The molecule has 1 spiro atoms. The van der Waals surface area contributed by atoms with Gasteiger partial charge in [0.1, 0.15) is 0 Å². The standard InChI is InChI=1S/C59H39N/c1-3-15-40(16-4-1)42-29-34-46(35-30-42)60(47-36-31-43(32-37-47)41-17-5-2-6-18-41)57-28-14-27-55-58(57)52-38-33-45(49-24-13-20-44-19-7-8-21-48(44)49)39-56(52)59(55)53-25-11-9-22-50(53)51-23-10-12-26-54(51)59/h1-39H. The Morgan fingerprint density at radius 3 is 1.38 bits per heavy atom. The maximum atomic E-state index is 2.51. The molecule has 60 heavy (non-hydrogen) atoms. The predicted octanol–water partition coefficient (Wildman–Crippen LogP) is 15.7. The molecule has 0 heterocycles. The molecule has 12 rings (SSSR count). The van der Waals surface area contributed by atoms with Gasteiger partial charge < -0.3 is 4.90 Å². The minimum absolute atomic E-state index is 0.505. The highest BCUT2D eigenvalue weighted by molar-refractivity contribution is 6.03. The molecule has 0 bridgehead atoms. The average Bonchev–Trinajstić information content (AvgIpc) is 3.80. The van der Waals surface area contributed by atoms with Gasteiger partial charge >= 0.3 is 0 Å². The third-order valence-corrected chi connectivity index (χ3v) is 12.9. The lowest BCUT2D eigenvalue weighted by Crippen LogP contribution is -2.26. The maximum Gasteiger partial charge on any atom is 0.0726 e. The van der Waals surface area contributed by atoms with Crippen LogP contribution in [0.3, 0.4) is 0 Å². The number of hydrogen-bond acceptors (Lipinski definition) is 1. The monoisotopic (exact) mass is 761 g/mol. The molecule has 0 unspecified atom stereocenters. The molecule has 0 saturated carbocycles. The highest BCUT2D eigenvalue weighted by atomic mass is 15.1. The van der Waals surface area contributed by atoms with Crippen molar-refractivity contribution in [1.29, 1.82) is 0 Å². The van der Waals surface area contributed by atoms with Gasteiger partial charge in [-0.05, 0) is 119 Å². The number of nitrogens with zero attached hydrogens (tertiary/aromatic N) is 1. The van der Waals surface area contributed by atoms with Gasteiger partial charge in [-0.15, -0.1) is 0 Å². The SMILES string of the molecule is c1ccc(-c2ccc(N(c3ccc(-c4ccccc4)cc3)c3cccc4c3-c3ccc(-c5cccc6ccccc56)cc3C43c4ccccc4-c4ccccc43)cc2)cc1. The van der Waals surface area contributed by atoms with Crippen LogP contribution in [0.4, 0.5) is 17.1 Å². The first-order valence-electron chi connectivity index (χ1n) is 20.8. The summed E-state index contributed by atoms with van der Waals surface area (Å²) in [5.41, 5.74) is 20.6. The molecule has 1 nitrogen and oxygen atoms in total. The van der Waals surface area contributed by atoms with Gasteiger partial charge in [0.15, 0.2) is 0 Å². The third kappa shape index (κ3) is 5.13. The summed E-state index contributed by atoms with van der Waals surface area (Å²) in [6.45, 7) is 0. The van der Waals surface area contributed by atoms with E-state index in [-0.39, 0.29) is 0 Å². The fourth-order valence-corrected chi connectivity index (χ4v) is 10.3. The van der Waals surface area contributed by atoms with Crippen LogP contribution in [-0.2, 0) is 5.41 Å². The Kier molecular flexibility index (Phi) is 7.83. The van der Waals surface area contributed by atoms with E-state index in [2.05, 4.69) is 241 Å². The lowest BCUT2D eigenvalue weighted by Gasteiger charge is -2.32. The Hall–Kier alpha value is -7.74. The van der Waals surface area contributed by atoms with Gasteiger partial charge in [0.2, 0.25) is 0 Å². The molecule has 0 saturated heterocycles. The summed E-state index contributed by atoms with van der Waals surface area (Å²) < 4.78 is 0. The van der Waals surface area contributed by atoms with Gasteiger partial charge in [0, 0.05) is 16.9 Å². The molecule has 280 valence electrons. The quantitative estimate of drug-likeness (QED) is 0.163. The Morgan fingerprint density at radius 1 is 0.283 bits per heavy atom. The molecule has 0 aliphatic heterocycles. The summed E-state index contributed by atoms with van der Waals surface area (Å²) in [4.78, 5) is 2.47. The average molecular weight is 762 g/mol. The van der Waals surface area contributed by atoms with Crippen molar-refractivity contribution in [2.24, 2.45) is 0 Å². The zero-order chi connectivity index (χ0) is 39.6. The van der Waals surface area contributed by atoms with E-state index in [1.807, 2.05) is 0 Å². The van der Waals surface area contributed by atoms with Gasteiger partial charge in [-0.1, -0.05) is 200 Å². The number of rotatable bonds is 6. The van der Waals surface area contributed by atoms with Crippen LogP contribution in [0.1, 0.15) is 22.3 Å². The maximum absolute atomic E-state index is 2.51. The van der Waals surface area contributed by atoms with Crippen LogP contribution >= 0.6 is 0 Å². The van der Waals surface area contributed by atoms with E-state index in [9.17, 15) is 0 Å². The van der Waals surface area contributed by atoms with E-state index in [0.717, 1.165) is 17.1 Å². The van der Waals surface area contributed by atoms with Gasteiger partial charge in [0.25, 0.3) is 0 Å². The predicted molar refractivity (Wildman–Crippen MR) is 251 cm³/mol. The minimum Gasteiger partial charge on any atom is -0.310 e. The molecule has 0 N–H and O–H groups in total. The van der Waals surface area contributed by atoms with Crippen molar-refractivity contribution >= 4 is 27.8 Å². The van der Waals surface area contributed by atoms with E-state index in [4.69, 9.17) is 0 Å². The lowest BCUT2D eigenvalue weighted by atomic mass is 9.70. The molecule has 2 aliphatic rings. The van der Waals surface area contributed by atoms with Gasteiger partial charge in [-0.2, -0.15) is 0 Å². The highest BCUT2D eigenvalue weighted by Crippen LogP contribution is 2.65. The summed E-state index contributed by atoms with van der Waals surface area (Å²) >= 11 is 0. The van der Waals surface area contributed by atoms with Crippen LogP contribution in [0.15, 0.2) is 237 Å². The zero-order valence-electron chi connectivity index (χ0n) is 33.0. The van der Waals surface area contributed by atoms with E-state index >= 15 is 0 Å². The summed E-state index contributed by atoms with van der Waals surface area (Å²) in [5.74, 6) is 0. The zero-order valence-corrected chi connectivity index (χ0v) is 33.0. The molecule has 10 aromatic rings. The summed E-state index contributed by atoms with van der Waals surface area (Å²) in [6.07, 6.45) is 0. The molecule has 0 fully saturated rings. The molecular weight excluding hydrogens is 723 g/mol. The Morgan fingerprint density at radius 2 is 0.750 bits per heavy atom. The number of fused-ring (bicyclic) bond motifs is 11.